The number of carbonyl (C=O) groups is 2. The van der Waals surface area contributed by atoms with Gasteiger partial charge in [-0.05, 0) is 37.5 Å². The smallest absolute Gasteiger partial charge is 0.244 e. The molecule has 1 aromatic carbocycles. The van der Waals surface area contributed by atoms with E-state index < -0.39 is 23.6 Å². The first-order valence-electron chi connectivity index (χ1n) is 6.78. The third kappa shape index (κ3) is 4.11. The predicted octanol–water partition coefficient (Wildman–Crippen LogP) is 1.76. The number of carbonyl (C=O) groups excluding carboxylic acids is 2. The van der Waals surface area contributed by atoms with Crippen molar-refractivity contribution in [3.63, 3.8) is 0 Å². The molecule has 0 radical (unpaired) electrons. The zero-order valence-corrected chi connectivity index (χ0v) is 11.4. The van der Waals surface area contributed by atoms with Crippen molar-refractivity contribution in [3.8, 4) is 0 Å². The summed E-state index contributed by atoms with van der Waals surface area (Å²) in [6.45, 7) is 0.599. The summed E-state index contributed by atoms with van der Waals surface area (Å²) in [5.41, 5.74) is -0.280. The number of halogens is 2. The first-order chi connectivity index (χ1) is 10.1. The molecule has 1 atom stereocenters. The fourth-order valence-electron chi connectivity index (χ4n) is 2.13. The highest BCUT2D eigenvalue weighted by Crippen LogP contribution is 2.13. The Morgan fingerprint density at radius 3 is 2.71 bits per heavy atom. The zero-order chi connectivity index (χ0) is 15.2. The fraction of sp³-hybridized carbons (Fsp3) is 0.333. The van der Waals surface area contributed by atoms with Gasteiger partial charge in [-0.2, -0.15) is 0 Å². The van der Waals surface area contributed by atoms with Gasteiger partial charge in [0.05, 0.1) is 0 Å². The molecule has 1 aliphatic rings. The minimum Gasteiger partial charge on any atom is -0.354 e. The van der Waals surface area contributed by atoms with Crippen molar-refractivity contribution in [2.24, 2.45) is 0 Å². The number of nitrogens with one attached hydrogen (secondary N) is 2. The van der Waals surface area contributed by atoms with Crippen LogP contribution in [0.3, 0.4) is 0 Å². The summed E-state index contributed by atoms with van der Waals surface area (Å²) >= 11 is 0. The molecule has 6 heteroatoms. The van der Waals surface area contributed by atoms with Crippen molar-refractivity contribution in [3.05, 3.63) is 41.5 Å². The molecular weight excluding hydrogens is 278 g/mol. The Balaban J connectivity index is 2.01. The molecule has 2 N–H and O–H groups in total. The lowest BCUT2D eigenvalue weighted by atomic mass is 10.1. The first-order valence-corrected chi connectivity index (χ1v) is 6.78. The van der Waals surface area contributed by atoms with Crippen LogP contribution in [0.15, 0.2) is 24.3 Å². The van der Waals surface area contributed by atoms with Crippen LogP contribution in [0.4, 0.5) is 8.78 Å². The molecule has 1 fully saturated rings. The number of amides is 2. The molecule has 112 valence electrons. The molecule has 2 amide bonds. The average Bonchev–Trinajstić information content (AvgIpc) is 2.64. The van der Waals surface area contributed by atoms with Crippen LogP contribution in [0.1, 0.15) is 24.8 Å². The van der Waals surface area contributed by atoms with E-state index >= 15 is 0 Å². The summed E-state index contributed by atoms with van der Waals surface area (Å²) in [5, 5.41) is 5.23. The van der Waals surface area contributed by atoms with Gasteiger partial charge < -0.3 is 10.6 Å². The van der Waals surface area contributed by atoms with E-state index in [2.05, 4.69) is 10.6 Å². The van der Waals surface area contributed by atoms with Gasteiger partial charge in [-0.3, -0.25) is 9.59 Å². The van der Waals surface area contributed by atoms with Gasteiger partial charge in [0.1, 0.15) is 17.7 Å². The van der Waals surface area contributed by atoms with Gasteiger partial charge in [-0.25, -0.2) is 8.78 Å². The largest absolute Gasteiger partial charge is 0.354 e. The molecule has 1 saturated heterocycles. The predicted molar refractivity (Wildman–Crippen MR) is 74.2 cm³/mol. The van der Waals surface area contributed by atoms with Crippen molar-refractivity contribution in [1.82, 2.24) is 10.6 Å². The topological polar surface area (TPSA) is 58.2 Å². The highest BCUT2D eigenvalue weighted by atomic mass is 19.1. The summed E-state index contributed by atoms with van der Waals surface area (Å²) < 4.78 is 26.8. The second-order valence-electron chi connectivity index (χ2n) is 4.82. The van der Waals surface area contributed by atoms with Gasteiger partial charge >= 0.3 is 0 Å². The normalized spacial score (nSPS) is 19.1. The maximum atomic E-state index is 13.4. The molecule has 0 saturated carbocycles. The molecule has 4 nitrogen and oxygen atoms in total. The van der Waals surface area contributed by atoms with Gasteiger partial charge in [-0.15, -0.1) is 0 Å². The molecule has 0 spiro atoms. The first kappa shape index (κ1) is 15.2. The molecule has 0 aromatic heterocycles. The number of hydrogen-bond acceptors (Lipinski definition) is 2. The number of hydrogen-bond donors (Lipinski definition) is 2. The van der Waals surface area contributed by atoms with E-state index in [9.17, 15) is 18.4 Å². The van der Waals surface area contributed by atoms with E-state index in [0.29, 0.717) is 13.0 Å². The van der Waals surface area contributed by atoms with Gasteiger partial charge in [0.15, 0.2) is 0 Å². The number of benzene rings is 1. The second-order valence-corrected chi connectivity index (χ2v) is 4.82. The Hall–Kier alpha value is -2.24. The minimum absolute atomic E-state index is 0.230. The molecule has 1 aromatic rings. The molecule has 0 unspecified atom stereocenters. The fourth-order valence-corrected chi connectivity index (χ4v) is 2.13. The monoisotopic (exact) mass is 294 g/mol. The molecule has 0 aliphatic carbocycles. The third-order valence-electron chi connectivity index (χ3n) is 3.25. The van der Waals surface area contributed by atoms with Crippen molar-refractivity contribution in [2.45, 2.75) is 25.3 Å². The van der Waals surface area contributed by atoms with Crippen LogP contribution in [0.5, 0.6) is 0 Å². The minimum atomic E-state index is -0.744. The second kappa shape index (κ2) is 6.97. The molecule has 21 heavy (non-hydrogen) atoms. The Labute approximate surface area is 121 Å². The standard InChI is InChI=1S/C15H16F2N2O2/c16-11-4-3-5-12(17)10(11)7-8-14(20)19-13-6-1-2-9-18-15(13)21/h3-5,7-8,13H,1-2,6,9H2,(H,18,21)(H,19,20)/b8-7-/t13-/m0/s1. The van der Waals surface area contributed by atoms with Crippen molar-refractivity contribution >= 4 is 17.9 Å². The average molecular weight is 294 g/mol. The Bertz CT molecular complexity index is 553. The lowest BCUT2D eigenvalue weighted by Gasteiger charge is -2.13. The van der Waals surface area contributed by atoms with Gasteiger partial charge in [0.2, 0.25) is 11.8 Å². The maximum absolute atomic E-state index is 13.4. The van der Waals surface area contributed by atoms with E-state index in [1.165, 1.54) is 6.07 Å². The van der Waals surface area contributed by atoms with E-state index in [0.717, 1.165) is 37.1 Å². The van der Waals surface area contributed by atoms with E-state index in [-0.39, 0.29) is 11.5 Å². The Morgan fingerprint density at radius 1 is 1.29 bits per heavy atom. The van der Waals surface area contributed by atoms with E-state index in [4.69, 9.17) is 0 Å². The van der Waals surface area contributed by atoms with Crippen molar-refractivity contribution in [1.29, 1.82) is 0 Å². The van der Waals surface area contributed by atoms with Crippen LogP contribution in [-0.2, 0) is 9.59 Å². The highest BCUT2D eigenvalue weighted by Gasteiger charge is 2.21. The van der Waals surface area contributed by atoms with Crippen molar-refractivity contribution < 1.29 is 18.4 Å². The van der Waals surface area contributed by atoms with E-state index in [1.807, 2.05) is 0 Å². The third-order valence-corrected chi connectivity index (χ3v) is 3.25. The molecule has 1 aliphatic heterocycles. The van der Waals surface area contributed by atoms with Crippen LogP contribution < -0.4 is 10.6 Å². The van der Waals surface area contributed by atoms with Crippen LogP contribution in [0.2, 0.25) is 0 Å². The molecule has 1 heterocycles. The summed E-state index contributed by atoms with van der Waals surface area (Å²) in [5.74, 6) is -2.27. The summed E-state index contributed by atoms with van der Waals surface area (Å²) in [6.07, 6.45) is 4.34. The summed E-state index contributed by atoms with van der Waals surface area (Å²) in [7, 11) is 0. The van der Waals surface area contributed by atoms with Crippen LogP contribution in [-0.4, -0.2) is 24.4 Å². The molecule has 0 bridgehead atoms. The van der Waals surface area contributed by atoms with Gasteiger partial charge in [0, 0.05) is 18.2 Å². The van der Waals surface area contributed by atoms with Crippen LogP contribution in [0, 0.1) is 11.6 Å². The molecule has 2 rings (SSSR count). The maximum Gasteiger partial charge on any atom is 0.244 e. The Morgan fingerprint density at radius 2 is 2.00 bits per heavy atom. The van der Waals surface area contributed by atoms with E-state index in [1.54, 1.807) is 0 Å². The summed E-state index contributed by atoms with van der Waals surface area (Å²) in [6, 6.07) is 2.87. The van der Waals surface area contributed by atoms with Crippen molar-refractivity contribution in [2.75, 3.05) is 6.54 Å². The molecular formula is C15H16F2N2O2. The quantitative estimate of drug-likeness (QED) is 0.835. The number of rotatable bonds is 3. The lowest BCUT2D eigenvalue weighted by Crippen LogP contribution is -2.44. The Kier molecular flexibility index (Phi) is 5.03. The van der Waals surface area contributed by atoms with Gasteiger partial charge in [-0.1, -0.05) is 6.07 Å². The van der Waals surface area contributed by atoms with Gasteiger partial charge in [0.25, 0.3) is 0 Å². The summed E-state index contributed by atoms with van der Waals surface area (Å²) in [4.78, 5) is 23.4. The van der Waals surface area contributed by atoms with Crippen LogP contribution >= 0.6 is 0 Å². The lowest BCUT2D eigenvalue weighted by molar-refractivity contribution is -0.126. The van der Waals surface area contributed by atoms with Crippen LogP contribution in [0.25, 0.3) is 6.08 Å². The highest BCUT2D eigenvalue weighted by molar-refractivity contribution is 5.95. The zero-order valence-electron chi connectivity index (χ0n) is 11.4. The SMILES string of the molecule is O=C(/C=C\c1c(F)cccc1F)N[C@H]1CCCCNC1=O.